The molecule has 0 radical (unpaired) electrons. The lowest BCUT2D eigenvalue weighted by Gasteiger charge is -1.97. The van der Waals surface area contributed by atoms with Gasteiger partial charge < -0.3 is 9.47 Å². The normalized spacial score (nSPS) is 7.40. The quantitative estimate of drug-likeness (QED) is 0.301. The number of ether oxygens (including phenoxy) is 2. The summed E-state index contributed by atoms with van der Waals surface area (Å²) >= 11 is 0. The van der Waals surface area contributed by atoms with Gasteiger partial charge in [-0.25, -0.2) is 4.79 Å². The van der Waals surface area contributed by atoms with Gasteiger partial charge in [-0.15, -0.1) is 0 Å². The molecule has 0 saturated heterocycles. The van der Waals surface area contributed by atoms with Crippen molar-refractivity contribution >= 4 is 35.2 Å². The van der Waals surface area contributed by atoms with Crippen LogP contribution >= 0.6 is 0 Å². The second-order valence-electron chi connectivity index (χ2n) is 1.28. The SMILES string of the molecule is CCOC(=O)OC(C)=O.[MgH2]. The average Bonchev–Trinajstić information content (AvgIpc) is 1.63. The zero-order valence-electron chi connectivity index (χ0n) is 5.34. The highest BCUT2D eigenvalue weighted by molar-refractivity contribution is 5.79. The minimum absolute atomic E-state index is 0. The summed E-state index contributed by atoms with van der Waals surface area (Å²) in [5, 5.41) is 0. The van der Waals surface area contributed by atoms with E-state index in [1.54, 1.807) is 6.92 Å². The van der Waals surface area contributed by atoms with Crippen LogP contribution in [-0.2, 0) is 14.3 Å². The Labute approximate surface area is 75.0 Å². The third-order valence-electron chi connectivity index (χ3n) is 0.489. The summed E-state index contributed by atoms with van der Waals surface area (Å²) in [6.07, 6.45) is -0.940. The maximum absolute atomic E-state index is 10.2. The number of rotatable bonds is 1. The van der Waals surface area contributed by atoms with Crippen LogP contribution in [0.25, 0.3) is 0 Å². The van der Waals surface area contributed by atoms with Crippen molar-refractivity contribution in [3.8, 4) is 0 Å². The Balaban J connectivity index is 0. The summed E-state index contributed by atoms with van der Waals surface area (Å²) in [4.78, 5) is 20.2. The minimum atomic E-state index is -0.940. The fraction of sp³-hybridized carbons (Fsp3) is 0.600. The molecule has 0 bridgehead atoms. The molecule has 4 nitrogen and oxygen atoms in total. The Bertz CT molecular complexity index is 123. The fourth-order valence-electron chi connectivity index (χ4n) is 0.265. The van der Waals surface area contributed by atoms with Gasteiger partial charge in [-0.3, -0.25) is 4.79 Å². The van der Waals surface area contributed by atoms with Crippen LogP contribution in [0.1, 0.15) is 13.8 Å². The molecule has 0 rings (SSSR count). The van der Waals surface area contributed by atoms with Gasteiger partial charge in [0.05, 0.1) is 6.61 Å². The summed E-state index contributed by atoms with van der Waals surface area (Å²) in [5.74, 6) is -0.659. The molecule has 0 aromatic rings. The van der Waals surface area contributed by atoms with Crippen molar-refractivity contribution < 1.29 is 19.1 Å². The van der Waals surface area contributed by atoms with E-state index in [1.165, 1.54) is 0 Å². The van der Waals surface area contributed by atoms with Crippen LogP contribution in [0.5, 0.6) is 0 Å². The molecule has 0 aliphatic heterocycles. The zero-order valence-corrected chi connectivity index (χ0v) is 5.34. The van der Waals surface area contributed by atoms with Gasteiger partial charge in [-0.1, -0.05) is 0 Å². The Kier molecular flexibility index (Phi) is 8.45. The Morgan fingerprint density at radius 3 is 2.20 bits per heavy atom. The predicted octanol–water partition coefficient (Wildman–Crippen LogP) is -0.210. The second-order valence-corrected chi connectivity index (χ2v) is 1.28. The maximum Gasteiger partial charge on any atom is 0.516 e. The van der Waals surface area contributed by atoms with Crippen LogP contribution in [0.2, 0.25) is 0 Å². The van der Waals surface area contributed by atoms with Crippen LogP contribution in [-0.4, -0.2) is 41.8 Å². The molecule has 0 saturated carbocycles. The van der Waals surface area contributed by atoms with Gasteiger partial charge in [0.1, 0.15) is 0 Å². The zero-order chi connectivity index (χ0) is 7.28. The van der Waals surface area contributed by atoms with Gasteiger partial charge in [0.15, 0.2) is 0 Å². The van der Waals surface area contributed by atoms with Gasteiger partial charge >= 0.3 is 35.2 Å². The van der Waals surface area contributed by atoms with Crippen LogP contribution in [0, 0.1) is 0 Å². The highest BCUT2D eigenvalue weighted by atomic mass is 24.3. The summed E-state index contributed by atoms with van der Waals surface area (Å²) in [6, 6.07) is 0. The van der Waals surface area contributed by atoms with Crippen molar-refractivity contribution in [1.82, 2.24) is 0 Å². The van der Waals surface area contributed by atoms with Crippen molar-refractivity contribution in [3.05, 3.63) is 0 Å². The molecule has 0 aliphatic carbocycles. The molecule has 0 spiro atoms. The first-order chi connectivity index (χ1) is 4.16. The maximum atomic E-state index is 10.2. The first kappa shape index (κ1) is 12.4. The lowest BCUT2D eigenvalue weighted by molar-refractivity contribution is -0.137. The molecular formula is C5H10MgO4. The molecule has 0 aromatic carbocycles. The summed E-state index contributed by atoms with van der Waals surface area (Å²) in [5.41, 5.74) is 0. The van der Waals surface area contributed by atoms with Crippen molar-refractivity contribution in [2.45, 2.75) is 13.8 Å². The summed E-state index contributed by atoms with van der Waals surface area (Å²) in [6.45, 7) is 2.98. The number of carbonyl (C=O) groups is 2. The van der Waals surface area contributed by atoms with Crippen molar-refractivity contribution in [2.75, 3.05) is 6.61 Å². The first-order valence-electron chi connectivity index (χ1n) is 2.52. The molecule has 10 heavy (non-hydrogen) atoms. The number of hydrogen-bond acceptors (Lipinski definition) is 4. The van der Waals surface area contributed by atoms with Gasteiger partial charge in [0.2, 0.25) is 0 Å². The van der Waals surface area contributed by atoms with E-state index >= 15 is 0 Å². The van der Waals surface area contributed by atoms with E-state index in [-0.39, 0.29) is 29.7 Å². The van der Waals surface area contributed by atoms with Gasteiger partial charge in [-0.05, 0) is 6.92 Å². The molecule has 0 aliphatic rings. The van der Waals surface area contributed by atoms with E-state index in [0.717, 1.165) is 6.92 Å². The molecule has 0 unspecified atom stereocenters. The predicted molar refractivity (Wildman–Crippen MR) is 37.3 cm³/mol. The average molecular weight is 158 g/mol. The topological polar surface area (TPSA) is 52.6 Å². The largest absolute Gasteiger partial charge is 0.516 e. The third-order valence-corrected chi connectivity index (χ3v) is 0.489. The third kappa shape index (κ3) is 7.71. The monoisotopic (exact) mass is 158 g/mol. The summed E-state index contributed by atoms with van der Waals surface area (Å²) < 4.78 is 8.26. The summed E-state index contributed by atoms with van der Waals surface area (Å²) in [7, 11) is 0. The Morgan fingerprint density at radius 1 is 1.40 bits per heavy atom. The number of hydrogen-bond donors (Lipinski definition) is 0. The number of carbonyl (C=O) groups excluding carboxylic acids is 2. The van der Waals surface area contributed by atoms with E-state index in [0.29, 0.717) is 0 Å². The van der Waals surface area contributed by atoms with E-state index in [9.17, 15) is 9.59 Å². The highest BCUT2D eigenvalue weighted by Gasteiger charge is 2.03. The standard InChI is InChI=1S/C5H8O4.Mg.2H/c1-3-8-5(7)9-4(2)6;;;/h3H2,1-2H3;;;. The van der Waals surface area contributed by atoms with Gasteiger partial charge in [0, 0.05) is 6.92 Å². The highest BCUT2D eigenvalue weighted by Crippen LogP contribution is 1.83. The molecular weight excluding hydrogens is 148 g/mol. The Hall–Kier alpha value is -0.294. The number of esters is 1. The van der Waals surface area contributed by atoms with E-state index in [1.807, 2.05) is 0 Å². The molecule has 0 fully saturated rings. The molecule has 0 heterocycles. The van der Waals surface area contributed by atoms with Gasteiger partial charge in [0.25, 0.3) is 0 Å². The molecule has 0 N–H and O–H groups in total. The van der Waals surface area contributed by atoms with Gasteiger partial charge in [-0.2, -0.15) is 0 Å². The Morgan fingerprint density at radius 2 is 1.90 bits per heavy atom. The van der Waals surface area contributed by atoms with Crippen molar-refractivity contribution in [2.24, 2.45) is 0 Å². The fourth-order valence-corrected chi connectivity index (χ4v) is 0.265. The lowest BCUT2D eigenvalue weighted by Crippen LogP contribution is -2.10. The second kappa shape index (κ2) is 6.82. The van der Waals surface area contributed by atoms with Crippen LogP contribution in [0.15, 0.2) is 0 Å². The molecule has 56 valence electrons. The minimum Gasteiger partial charge on any atom is -0.434 e. The van der Waals surface area contributed by atoms with Crippen LogP contribution in [0.4, 0.5) is 4.79 Å². The first-order valence-corrected chi connectivity index (χ1v) is 2.52. The molecule has 5 heteroatoms. The molecule has 0 aromatic heterocycles. The van der Waals surface area contributed by atoms with Crippen LogP contribution in [0.3, 0.4) is 0 Å². The van der Waals surface area contributed by atoms with Crippen LogP contribution < -0.4 is 0 Å². The molecule has 0 atom stereocenters. The van der Waals surface area contributed by atoms with Crippen molar-refractivity contribution in [3.63, 3.8) is 0 Å². The smallest absolute Gasteiger partial charge is 0.434 e. The van der Waals surface area contributed by atoms with Crippen molar-refractivity contribution in [1.29, 1.82) is 0 Å². The van der Waals surface area contributed by atoms with E-state index < -0.39 is 12.1 Å². The lowest BCUT2D eigenvalue weighted by atomic mass is 10.8. The van der Waals surface area contributed by atoms with E-state index in [4.69, 9.17) is 0 Å². The van der Waals surface area contributed by atoms with E-state index in [2.05, 4.69) is 9.47 Å². The molecule has 0 amide bonds.